The maximum Gasteiger partial charge on any atom is 0.409 e. The largest absolute Gasteiger partial charge is 0.409 e. The number of hydrogen-bond acceptors (Lipinski definition) is 1. The molecule has 0 bridgehead atoms. The van der Waals surface area contributed by atoms with E-state index in [1.54, 1.807) is 0 Å². The van der Waals surface area contributed by atoms with Crippen molar-refractivity contribution in [1.82, 2.24) is 4.98 Å². The van der Waals surface area contributed by atoms with Gasteiger partial charge in [0.2, 0.25) is 0 Å². The molecule has 1 rings (SSSR count). The predicted octanol–water partition coefficient (Wildman–Crippen LogP) is 2.18. The Labute approximate surface area is 80.5 Å². The number of alkyl halides is 3. The molecular formula is C6H6F3IN2. The minimum absolute atomic E-state index is 0.00750. The fourth-order valence-electron chi connectivity index (χ4n) is 0.740. The molecule has 0 aromatic carbocycles. The lowest BCUT2D eigenvalue weighted by molar-refractivity contribution is -0.149. The molecule has 0 aliphatic rings. The summed E-state index contributed by atoms with van der Waals surface area (Å²) < 4.78 is 36.7. The van der Waals surface area contributed by atoms with Gasteiger partial charge >= 0.3 is 6.18 Å². The molecular weight excluding hydrogens is 284 g/mol. The van der Waals surface area contributed by atoms with E-state index in [1.165, 1.54) is 12.3 Å². The van der Waals surface area contributed by atoms with Crippen LogP contribution in [0.25, 0.3) is 0 Å². The summed E-state index contributed by atoms with van der Waals surface area (Å²) in [5.74, 6) is 0. The first-order valence-corrected chi connectivity index (χ1v) is 4.15. The van der Waals surface area contributed by atoms with Gasteiger partial charge in [-0.05, 0) is 28.7 Å². The monoisotopic (exact) mass is 290 g/mol. The lowest BCUT2D eigenvalue weighted by atomic mass is 10.2. The zero-order valence-corrected chi connectivity index (χ0v) is 7.98. The number of hydrogen-bond donors (Lipinski definition) is 2. The van der Waals surface area contributed by atoms with Crippen LogP contribution in [-0.4, -0.2) is 11.2 Å². The maximum atomic E-state index is 12.0. The highest BCUT2D eigenvalue weighted by Crippen LogP contribution is 2.29. The van der Waals surface area contributed by atoms with Gasteiger partial charge in [-0.1, -0.05) is 0 Å². The van der Waals surface area contributed by atoms with Crippen LogP contribution in [0.3, 0.4) is 0 Å². The van der Waals surface area contributed by atoms with E-state index < -0.39 is 12.2 Å². The van der Waals surface area contributed by atoms with Crippen molar-refractivity contribution in [3.8, 4) is 0 Å². The summed E-state index contributed by atoms with van der Waals surface area (Å²) in [6.45, 7) is 0. The average molecular weight is 290 g/mol. The predicted molar refractivity (Wildman–Crippen MR) is 46.5 cm³/mol. The van der Waals surface area contributed by atoms with E-state index >= 15 is 0 Å². The van der Waals surface area contributed by atoms with Crippen LogP contribution in [-0.2, 0) is 0 Å². The summed E-state index contributed by atoms with van der Waals surface area (Å²) in [7, 11) is 0. The van der Waals surface area contributed by atoms with Crippen LogP contribution in [0, 0.1) is 3.57 Å². The molecule has 12 heavy (non-hydrogen) atoms. The first kappa shape index (κ1) is 9.85. The molecule has 0 amide bonds. The van der Waals surface area contributed by atoms with Crippen LogP contribution in [0.4, 0.5) is 13.2 Å². The second-order valence-electron chi connectivity index (χ2n) is 2.29. The van der Waals surface area contributed by atoms with Crippen LogP contribution < -0.4 is 5.73 Å². The molecule has 0 spiro atoms. The summed E-state index contributed by atoms with van der Waals surface area (Å²) in [6.07, 6.45) is -2.91. The van der Waals surface area contributed by atoms with Crippen molar-refractivity contribution in [3.63, 3.8) is 0 Å². The summed E-state index contributed by atoms with van der Waals surface area (Å²) in [6, 6.07) is -0.542. The number of rotatable bonds is 1. The molecule has 0 aliphatic carbocycles. The van der Waals surface area contributed by atoms with Crippen molar-refractivity contribution < 1.29 is 13.2 Å². The topological polar surface area (TPSA) is 41.8 Å². The zero-order valence-electron chi connectivity index (χ0n) is 5.82. The van der Waals surface area contributed by atoms with Crippen LogP contribution in [0.1, 0.15) is 11.7 Å². The third-order valence-electron chi connectivity index (χ3n) is 1.36. The Morgan fingerprint density at radius 3 is 2.42 bits per heavy atom. The van der Waals surface area contributed by atoms with Gasteiger partial charge in [0.25, 0.3) is 0 Å². The summed E-state index contributed by atoms with van der Waals surface area (Å²) in [5, 5.41) is 0. The number of halogens is 4. The van der Waals surface area contributed by atoms with E-state index in [-0.39, 0.29) is 5.69 Å². The van der Waals surface area contributed by atoms with E-state index in [1.807, 2.05) is 22.6 Å². The molecule has 68 valence electrons. The number of nitrogens with two attached hydrogens (primary N) is 1. The zero-order chi connectivity index (χ0) is 9.35. The highest BCUT2D eigenvalue weighted by Gasteiger charge is 2.38. The van der Waals surface area contributed by atoms with E-state index in [9.17, 15) is 13.2 Å². The number of aromatic amines is 1. The summed E-state index contributed by atoms with van der Waals surface area (Å²) in [4.78, 5) is 2.46. The van der Waals surface area contributed by atoms with Gasteiger partial charge in [-0.3, -0.25) is 0 Å². The smallest absolute Gasteiger partial charge is 0.362 e. The Morgan fingerprint density at radius 2 is 2.08 bits per heavy atom. The van der Waals surface area contributed by atoms with Gasteiger partial charge in [0.05, 0.1) is 0 Å². The van der Waals surface area contributed by atoms with Crippen LogP contribution in [0.2, 0.25) is 0 Å². The summed E-state index contributed by atoms with van der Waals surface area (Å²) >= 11 is 1.91. The highest BCUT2D eigenvalue weighted by atomic mass is 127. The Bertz CT molecular complexity index is 268. The van der Waals surface area contributed by atoms with Gasteiger partial charge in [-0.2, -0.15) is 13.2 Å². The normalized spacial score (nSPS) is 14.8. The third-order valence-corrected chi connectivity index (χ3v) is 1.98. The molecule has 1 atom stereocenters. The van der Waals surface area contributed by atoms with E-state index in [0.717, 1.165) is 0 Å². The molecule has 6 heteroatoms. The number of H-pyrrole nitrogens is 1. The molecule has 0 aliphatic heterocycles. The van der Waals surface area contributed by atoms with Gasteiger partial charge in [-0.25, -0.2) is 0 Å². The molecule has 0 saturated heterocycles. The fraction of sp³-hybridized carbons (Fsp3) is 0.333. The van der Waals surface area contributed by atoms with Crippen LogP contribution >= 0.6 is 22.6 Å². The standard InChI is InChI=1S/C6H6F3IN2/c7-6(8,9)5(11)4-1-3(10)2-12-4/h1-2,5,12H,11H2/t5-/m1/s1. The molecule has 0 saturated carbocycles. The van der Waals surface area contributed by atoms with Gasteiger partial charge in [0.15, 0.2) is 0 Å². The second kappa shape index (κ2) is 3.25. The first-order valence-electron chi connectivity index (χ1n) is 3.07. The van der Waals surface area contributed by atoms with Crippen molar-refractivity contribution in [3.05, 3.63) is 21.5 Å². The van der Waals surface area contributed by atoms with Gasteiger partial charge in [-0.15, -0.1) is 0 Å². The first-order chi connectivity index (χ1) is 5.41. The number of aromatic nitrogens is 1. The Kier molecular flexibility index (Phi) is 2.67. The summed E-state index contributed by atoms with van der Waals surface area (Å²) in [5.41, 5.74) is 4.92. The molecule has 0 fully saturated rings. The average Bonchev–Trinajstić information content (AvgIpc) is 2.32. The Balaban J connectivity index is 2.85. The van der Waals surface area contributed by atoms with Crippen molar-refractivity contribution in [2.24, 2.45) is 5.73 Å². The molecule has 1 aromatic rings. The van der Waals surface area contributed by atoms with Crippen molar-refractivity contribution in [1.29, 1.82) is 0 Å². The molecule has 2 nitrogen and oxygen atoms in total. The van der Waals surface area contributed by atoms with Crippen molar-refractivity contribution >= 4 is 22.6 Å². The van der Waals surface area contributed by atoms with Crippen LogP contribution in [0.5, 0.6) is 0 Å². The lowest BCUT2D eigenvalue weighted by Crippen LogP contribution is -2.28. The van der Waals surface area contributed by atoms with Crippen molar-refractivity contribution in [2.45, 2.75) is 12.2 Å². The lowest BCUT2D eigenvalue weighted by Gasteiger charge is -2.13. The highest BCUT2D eigenvalue weighted by molar-refractivity contribution is 14.1. The third kappa shape index (κ3) is 2.13. The van der Waals surface area contributed by atoms with Crippen molar-refractivity contribution in [2.75, 3.05) is 0 Å². The molecule has 1 aromatic heterocycles. The fourth-order valence-corrected chi connectivity index (χ4v) is 1.23. The molecule has 3 N–H and O–H groups in total. The van der Waals surface area contributed by atoms with E-state index in [0.29, 0.717) is 3.57 Å². The molecule has 1 heterocycles. The minimum atomic E-state index is -4.38. The molecule has 0 unspecified atom stereocenters. The van der Waals surface area contributed by atoms with Gasteiger partial charge in [0, 0.05) is 15.5 Å². The maximum absolute atomic E-state index is 12.0. The van der Waals surface area contributed by atoms with Gasteiger partial charge < -0.3 is 10.7 Å². The minimum Gasteiger partial charge on any atom is -0.362 e. The van der Waals surface area contributed by atoms with E-state index in [4.69, 9.17) is 5.73 Å². The van der Waals surface area contributed by atoms with E-state index in [2.05, 4.69) is 4.98 Å². The number of nitrogens with one attached hydrogen (secondary N) is 1. The quantitative estimate of drug-likeness (QED) is 0.765. The van der Waals surface area contributed by atoms with Crippen LogP contribution in [0.15, 0.2) is 12.3 Å². The SMILES string of the molecule is N[C@H](c1cc(I)c[nH]1)C(F)(F)F. The second-order valence-corrected chi connectivity index (χ2v) is 3.54. The Hall–Kier alpha value is -0.240. The Morgan fingerprint density at radius 1 is 1.50 bits per heavy atom. The van der Waals surface area contributed by atoms with Gasteiger partial charge in [0.1, 0.15) is 6.04 Å². The molecule has 0 radical (unpaired) electrons.